The topological polar surface area (TPSA) is 59.3 Å². The zero-order valence-electron chi connectivity index (χ0n) is 14.1. The van der Waals surface area contributed by atoms with Crippen LogP contribution in [0.4, 0.5) is 0 Å². The van der Waals surface area contributed by atoms with Crippen molar-refractivity contribution >= 4 is 23.4 Å². The van der Waals surface area contributed by atoms with Crippen molar-refractivity contribution in [3.05, 3.63) is 58.4 Å². The van der Waals surface area contributed by atoms with E-state index in [-0.39, 0.29) is 5.78 Å². The fourth-order valence-corrected chi connectivity index (χ4v) is 2.70. The number of carboxylic acid groups (broad SMARTS) is 1. The van der Waals surface area contributed by atoms with Crippen LogP contribution in [0.1, 0.15) is 54.9 Å². The molecule has 0 radical (unpaired) electrons. The van der Waals surface area contributed by atoms with E-state index in [1.165, 1.54) is 0 Å². The van der Waals surface area contributed by atoms with Gasteiger partial charge in [-0.05, 0) is 55.7 Å². The normalized spacial score (nSPS) is 12.4. The van der Waals surface area contributed by atoms with E-state index in [1.54, 1.807) is 43.3 Å². The van der Waals surface area contributed by atoms with Crippen molar-refractivity contribution in [2.45, 2.75) is 39.7 Å². The third-order valence-electron chi connectivity index (χ3n) is 4.10. The SMILES string of the molecule is CC(C)CCn1c(C(=O)c2ccc(Cl)cc2)ccc1C(C)C(=O)O. The molecule has 1 N–H and O–H groups in total. The number of carboxylic acids is 1. The van der Waals surface area contributed by atoms with Crippen molar-refractivity contribution in [3.8, 4) is 0 Å². The van der Waals surface area contributed by atoms with Crippen LogP contribution >= 0.6 is 11.6 Å². The number of nitrogens with zero attached hydrogens (tertiary/aromatic N) is 1. The minimum absolute atomic E-state index is 0.126. The van der Waals surface area contributed by atoms with Gasteiger partial charge >= 0.3 is 5.97 Å². The van der Waals surface area contributed by atoms with Crippen molar-refractivity contribution in [2.24, 2.45) is 5.92 Å². The number of aliphatic carboxylic acids is 1. The lowest BCUT2D eigenvalue weighted by Crippen LogP contribution is -2.18. The van der Waals surface area contributed by atoms with Crippen molar-refractivity contribution in [1.82, 2.24) is 4.57 Å². The fraction of sp³-hybridized carbons (Fsp3) is 0.368. The standard InChI is InChI=1S/C19H22ClNO3/c1-12(2)10-11-21-16(13(3)19(23)24)8-9-17(21)18(22)14-4-6-15(20)7-5-14/h4-9,12-13H,10-11H2,1-3H3,(H,23,24). The molecule has 0 bridgehead atoms. The maximum Gasteiger partial charge on any atom is 0.312 e. The molecule has 128 valence electrons. The minimum atomic E-state index is -0.899. The molecule has 1 unspecified atom stereocenters. The largest absolute Gasteiger partial charge is 0.481 e. The van der Waals surface area contributed by atoms with Gasteiger partial charge in [0.25, 0.3) is 0 Å². The molecule has 0 amide bonds. The molecule has 1 atom stereocenters. The van der Waals surface area contributed by atoms with Crippen molar-refractivity contribution in [3.63, 3.8) is 0 Å². The summed E-state index contributed by atoms with van der Waals surface area (Å²) in [5.74, 6) is -1.23. The number of hydrogen-bond donors (Lipinski definition) is 1. The number of aromatic nitrogens is 1. The molecule has 0 spiro atoms. The number of ketones is 1. The van der Waals surface area contributed by atoms with E-state index in [0.29, 0.717) is 34.4 Å². The van der Waals surface area contributed by atoms with Crippen molar-refractivity contribution in [1.29, 1.82) is 0 Å². The van der Waals surface area contributed by atoms with Crippen LogP contribution in [0, 0.1) is 5.92 Å². The summed E-state index contributed by atoms with van der Waals surface area (Å²) >= 11 is 5.88. The summed E-state index contributed by atoms with van der Waals surface area (Å²) in [7, 11) is 0. The van der Waals surface area contributed by atoms with Crippen molar-refractivity contribution < 1.29 is 14.7 Å². The molecular weight excluding hydrogens is 326 g/mol. The zero-order chi connectivity index (χ0) is 17.9. The van der Waals surface area contributed by atoms with Crippen LogP contribution in [0.5, 0.6) is 0 Å². The smallest absolute Gasteiger partial charge is 0.312 e. The van der Waals surface area contributed by atoms with Gasteiger partial charge in [0.05, 0.1) is 11.6 Å². The number of benzene rings is 1. The molecule has 2 aromatic rings. The Hall–Kier alpha value is -2.07. The Morgan fingerprint density at radius 1 is 1.08 bits per heavy atom. The molecule has 0 aliphatic rings. The Kier molecular flexibility index (Phi) is 5.84. The molecule has 24 heavy (non-hydrogen) atoms. The summed E-state index contributed by atoms with van der Waals surface area (Å²) < 4.78 is 1.84. The van der Waals surface area contributed by atoms with E-state index >= 15 is 0 Å². The van der Waals surface area contributed by atoms with Crippen LogP contribution in [0.3, 0.4) is 0 Å². The second kappa shape index (κ2) is 7.67. The number of halogens is 1. The first kappa shape index (κ1) is 18.3. The van der Waals surface area contributed by atoms with E-state index < -0.39 is 11.9 Å². The van der Waals surface area contributed by atoms with Gasteiger partial charge in [-0.3, -0.25) is 9.59 Å². The van der Waals surface area contributed by atoms with Gasteiger partial charge in [-0.2, -0.15) is 0 Å². The van der Waals surface area contributed by atoms with Gasteiger partial charge in [0.1, 0.15) is 0 Å². The molecule has 1 heterocycles. The molecule has 0 saturated heterocycles. The minimum Gasteiger partial charge on any atom is -0.481 e. The molecule has 5 heteroatoms. The second-order valence-electron chi connectivity index (χ2n) is 6.37. The molecule has 0 aliphatic carbocycles. The molecule has 2 rings (SSSR count). The van der Waals surface area contributed by atoms with Crippen LogP contribution < -0.4 is 0 Å². The van der Waals surface area contributed by atoms with Crippen LogP contribution in [0.25, 0.3) is 0 Å². The predicted octanol–water partition coefficient (Wildman–Crippen LogP) is 4.61. The van der Waals surface area contributed by atoms with Gasteiger partial charge in [0, 0.05) is 22.8 Å². The first-order chi connectivity index (χ1) is 11.3. The average Bonchev–Trinajstić information content (AvgIpc) is 2.95. The molecule has 0 aliphatic heterocycles. The maximum atomic E-state index is 12.8. The second-order valence-corrected chi connectivity index (χ2v) is 6.81. The Bertz CT molecular complexity index is 732. The molecule has 0 fully saturated rings. The van der Waals surface area contributed by atoms with E-state index in [9.17, 15) is 14.7 Å². The number of carbonyl (C=O) groups excluding carboxylic acids is 1. The Labute approximate surface area is 147 Å². The fourth-order valence-electron chi connectivity index (χ4n) is 2.57. The van der Waals surface area contributed by atoms with Gasteiger partial charge in [0.15, 0.2) is 0 Å². The summed E-state index contributed by atoms with van der Waals surface area (Å²) in [6.45, 7) is 6.46. The van der Waals surface area contributed by atoms with E-state index in [1.807, 2.05) is 4.57 Å². The van der Waals surface area contributed by atoms with E-state index in [4.69, 9.17) is 11.6 Å². The van der Waals surface area contributed by atoms with Gasteiger partial charge in [0.2, 0.25) is 5.78 Å². The van der Waals surface area contributed by atoms with Gasteiger partial charge in [-0.1, -0.05) is 25.4 Å². The third-order valence-corrected chi connectivity index (χ3v) is 4.35. The molecule has 1 aromatic heterocycles. The third kappa shape index (κ3) is 4.06. The first-order valence-corrected chi connectivity index (χ1v) is 8.41. The lowest BCUT2D eigenvalue weighted by atomic mass is 10.1. The molecular formula is C19H22ClNO3. The maximum absolute atomic E-state index is 12.8. The quantitative estimate of drug-likeness (QED) is 0.744. The monoisotopic (exact) mass is 347 g/mol. The highest BCUT2D eigenvalue weighted by Crippen LogP contribution is 2.23. The highest BCUT2D eigenvalue weighted by atomic mass is 35.5. The van der Waals surface area contributed by atoms with E-state index in [2.05, 4.69) is 13.8 Å². The van der Waals surface area contributed by atoms with Crippen LogP contribution in [0.15, 0.2) is 36.4 Å². The molecule has 0 saturated carbocycles. The summed E-state index contributed by atoms with van der Waals surface area (Å²) in [4.78, 5) is 24.2. The van der Waals surface area contributed by atoms with E-state index in [0.717, 1.165) is 6.42 Å². The highest BCUT2D eigenvalue weighted by molar-refractivity contribution is 6.30. The van der Waals surface area contributed by atoms with Crippen LogP contribution in [0.2, 0.25) is 5.02 Å². The lowest BCUT2D eigenvalue weighted by Gasteiger charge is -2.16. The number of hydrogen-bond acceptors (Lipinski definition) is 2. The van der Waals surface area contributed by atoms with Crippen LogP contribution in [-0.4, -0.2) is 21.4 Å². The number of carbonyl (C=O) groups is 2. The Morgan fingerprint density at radius 3 is 2.25 bits per heavy atom. The Balaban J connectivity index is 2.42. The average molecular weight is 348 g/mol. The van der Waals surface area contributed by atoms with Crippen LogP contribution in [-0.2, 0) is 11.3 Å². The summed E-state index contributed by atoms with van der Waals surface area (Å²) in [6.07, 6.45) is 0.870. The van der Waals surface area contributed by atoms with Gasteiger partial charge < -0.3 is 9.67 Å². The van der Waals surface area contributed by atoms with Crippen molar-refractivity contribution in [2.75, 3.05) is 0 Å². The highest BCUT2D eigenvalue weighted by Gasteiger charge is 2.23. The zero-order valence-corrected chi connectivity index (χ0v) is 14.9. The predicted molar refractivity (Wildman–Crippen MR) is 94.8 cm³/mol. The molecule has 1 aromatic carbocycles. The summed E-state index contributed by atoms with van der Waals surface area (Å²) in [6, 6.07) is 10.2. The summed E-state index contributed by atoms with van der Waals surface area (Å²) in [5.41, 5.74) is 1.71. The van der Waals surface area contributed by atoms with Gasteiger partial charge in [-0.15, -0.1) is 0 Å². The first-order valence-electron chi connectivity index (χ1n) is 8.03. The molecule has 4 nitrogen and oxygen atoms in total. The summed E-state index contributed by atoms with van der Waals surface area (Å²) in [5, 5.41) is 9.89. The van der Waals surface area contributed by atoms with Gasteiger partial charge in [-0.25, -0.2) is 0 Å². The number of rotatable bonds is 7. The lowest BCUT2D eigenvalue weighted by molar-refractivity contribution is -0.138. The Morgan fingerprint density at radius 2 is 1.71 bits per heavy atom.